The molecule has 0 fully saturated rings. The Morgan fingerprint density at radius 3 is 2.70 bits per heavy atom. The molecule has 0 unspecified atom stereocenters. The number of carbonyl (C=O) groups excluding carboxylic acids is 1. The molecule has 3 rings (SSSR count). The molecule has 0 aliphatic heterocycles. The van der Waals surface area contributed by atoms with Crippen LogP contribution in [0.5, 0.6) is 0 Å². The summed E-state index contributed by atoms with van der Waals surface area (Å²) in [4.78, 5) is 16.0. The van der Waals surface area contributed by atoms with Gasteiger partial charge in [0.2, 0.25) is 5.91 Å². The maximum Gasteiger partial charge on any atom is 0.226 e. The molecular formula is C16H18N6O. The fourth-order valence-corrected chi connectivity index (χ4v) is 2.41. The van der Waals surface area contributed by atoms with Gasteiger partial charge >= 0.3 is 0 Å². The fraction of sp³-hybridized carbons (Fsp3) is 0.250. The Balaban J connectivity index is 1.73. The van der Waals surface area contributed by atoms with Crippen molar-refractivity contribution in [2.75, 3.05) is 5.32 Å². The van der Waals surface area contributed by atoms with E-state index in [1.807, 2.05) is 48.9 Å². The second-order valence-corrected chi connectivity index (χ2v) is 5.25. The third kappa shape index (κ3) is 3.28. The molecule has 3 aromatic rings. The van der Waals surface area contributed by atoms with Gasteiger partial charge in [0.1, 0.15) is 12.7 Å². The Hall–Kier alpha value is -2.96. The molecule has 1 amide bonds. The minimum absolute atomic E-state index is 0.0701. The first kappa shape index (κ1) is 15.0. The molecule has 118 valence electrons. The largest absolute Gasteiger partial charge is 0.323 e. The van der Waals surface area contributed by atoms with Crippen molar-refractivity contribution < 1.29 is 4.79 Å². The van der Waals surface area contributed by atoms with Crippen LogP contribution in [0.15, 0.2) is 43.0 Å². The summed E-state index contributed by atoms with van der Waals surface area (Å²) in [5, 5.41) is 11.4. The lowest BCUT2D eigenvalue weighted by Gasteiger charge is -2.07. The molecule has 2 heterocycles. The molecule has 0 aliphatic carbocycles. The highest BCUT2D eigenvalue weighted by molar-refractivity contribution is 5.91. The Bertz CT molecular complexity index is 792. The molecule has 0 spiro atoms. The average molecular weight is 310 g/mol. The molecule has 7 nitrogen and oxygen atoms in total. The number of nitrogens with zero attached hydrogens (tertiary/aromatic N) is 5. The van der Waals surface area contributed by atoms with Crippen LogP contribution in [0.25, 0.3) is 5.69 Å². The van der Waals surface area contributed by atoms with Gasteiger partial charge in [-0.1, -0.05) is 18.2 Å². The smallest absolute Gasteiger partial charge is 0.226 e. The van der Waals surface area contributed by atoms with Gasteiger partial charge in [-0.05, 0) is 26.0 Å². The van der Waals surface area contributed by atoms with Crippen molar-refractivity contribution in [3.63, 3.8) is 0 Å². The summed E-state index contributed by atoms with van der Waals surface area (Å²) < 4.78 is 3.47. The standard InChI is InChI=1S/C16H18N6O/c1-12-16(19-15(23)8-9-21-11-17-10-18-21)13(2)22(20-12)14-6-4-3-5-7-14/h3-7,10-11H,8-9H2,1-2H3,(H,19,23). The number of hydrogen-bond donors (Lipinski definition) is 1. The summed E-state index contributed by atoms with van der Waals surface area (Å²) in [5.41, 5.74) is 3.43. The van der Waals surface area contributed by atoms with E-state index in [9.17, 15) is 4.79 Å². The fourth-order valence-electron chi connectivity index (χ4n) is 2.41. The Morgan fingerprint density at radius 2 is 2.00 bits per heavy atom. The molecule has 23 heavy (non-hydrogen) atoms. The van der Waals surface area contributed by atoms with Crippen LogP contribution in [0.3, 0.4) is 0 Å². The van der Waals surface area contributed by atoms with E-state index in [2.05, 4.69) is 20.5 Å². The van der Waals surface area contributed by atoms with Crippen LogP contribution in [0, 0.1) is 13.8 Å². The number of amides is 1. The van der Waals surface area contributed by atoms with Crippen LogP contribution in [0.1, 0.15) is 17.8 Å². The van der Waals surface area contributed by atoms with Gasteiger partial charge in [-0.2, -0.15) is 10.2 Å². The van der Waals surface area contributed by atoms with Crippen LogP contribution in [0.2, 0.25) is 0 Å². The van der Waals surface area contributed by atoms with Gasteiger partial charge in [-0.25, -0.2) is 9.67 Å². The zero-order valence-electron chi connectivity index (χ0n) is 13.1. The van der Waals surface area contributed by atoms with Gasteiger partial charge in [-0.15, -0.1) is 0 Å². The van der Waals surface area contributed by atoms with Crippen LogP contribution in [0.4, 0.5) is 5.69 Å². The number of carbonyl (C=O) groups is 1. The summed E-state index contributed by atoms with van der Waals surface area (Å²) in [7, 11) is 0. The van der Waals surface area contributed by atoms with Gasteiger partial charge in [-0.3, -0.25) is 9.48 Å². The molecule has 0 aliphatic rings. The maximum atomic E-state index is 12.1. The van der Waals surface area contributed by atoms with Crippen molar-refractivity contribution in [3.05, 3.63) is 54.4 Å². The highest BCUT2D eigenvalue weighted by atomic mass is 16.1. The average Bonchev–Trinajstić information content (AvgIpc) is 3.17. The first-order valence-electron chi connectivity index (χ1n) is 7.39. The number of rotatable bonds is 5. The summed E-state index contributed by atoms with van der Waals surface area (Å²) in [5.74, 6) is -0.0701. The summed E-state index contributed by atoms with van der Waals surface area (Å²) in [6.45, 7) is 4.33. The van der Waals surface area contributed by atoms with Crippen LogP contribution < -0.4 is 5.32 Å². The molecule has 0 radical (unpaired) electrons. The number of aromatic nitrogens is 5. The van der Waals surface area contributed by atoms with E-state index < -0.39 is 0 Å². The third-order valence-corrected chi connectivity index (χ3v) is 3.59. The maximum absolute atomic E-state index is 12.1. The molecule has 7 heteroatoms. The van der Waals surface area contributed by atoms with Gasteiger partial charge in [0, 0.05) is 6.42 Å². The first-order valence-corrected chi connectivity index (χ1v) is 7.39. The topological polar surface area (TPSA) is 77.6 Å². The second kappa shape index (κ2) is 6.43. The van der Waals surface area contributed by atoms with Gasteiger partial charge in [0.25, 0.3) is 0 Å². The van der Waals surface area contributed by atoms with Crippen molar-refractivity contribution in [1.29, 1.82) is 0 Å². The van der Waals surface area contributed by atoms with E-state index >= 15 is 0 Å². The minimum Gasteiger partial charge on any atom is -0.323 e. The molecular weight excluding hydrogens is 292 g/mol. The van der Waals surface area contributed by atoms with Crippen molar-refractivity contribution in [2.45, 2.75) is 26.8 Å². The van der Waals surface area contributed by atoms with Gasteiger partial charge in [0.15, 0.2) is 0 Å². The summed E-state index contributed by atoms with van der Waals surface area (Å²) in [6.07, 6.45) is 3.38. The van der Waals surface area contributed by atoms with E-state index in [-0.39, 0.29) is 5.91 Å². The van der Waals surface area contributed by atoms with E-state index in [1.54, 1.807) is 11.0 Å². The van der Waals surface area contributed by atoms with Crippen molar-refractivity contribution in [2.24, 2.45) is 0 Å². The van der Waals surface area contributed by atoms with Crippen LogP contribution >= 0.6 is 0 Å². The lowest BCUT2D eigenvalue weighted by Crippen LogP contribution is -2.15. The lowest BCUT2D eigenvalue weighted by molar-refractivity contribution is -0.116. The van der Waals surface area contributed by atoms with Gasteiger partial charge in [0.05, 0.1) is 29.3 Å². The highest BCUT2D eigenvalue weighted by Crippen LogP contribution is 2.22. The summed E-state index contributed by atoms with van der Waals surface area (Å²) >= 11 is 0. The zero-order valence-corrected chi connectivity index (χ0v) is 13.1. The monoisotopic (exact) mass is 310 g/mol. The van der Waals surface area contributed by atoms with E-state index in [0.717, 1.165) is 22.8 Å². The zero-order chi connectivity index (χ0) is 16.2. The number of anilines is 1. The first-order chi connectivity index (χ1) is 11.1. The Kier molecular flexibility index (Phi) is 4.18. The Labute approximate surface area is 134 Å². The minimum atomic E-state index is -0.0701. The quantitative estimate of drug-likeness (QED) is 0.783. The normalized spacial score (nSPS) is 10.7. The SMILES string of the molecule is Cc1nn(-c2ccccc2)c(C)c1NC(=O)CCn1cncn1. The molecule has 0 saturated heterocycles. The summed E-state index contributed by atoms with van der Waals surface area (Å²) in [6, 6.07) is 9.85. The van der Waals surface area contributed by atoms with Crippen LogP contribution in [-0.2, 0) is 11.3 Å². The second-order valence-electron chi connectivity index (χ2n) is 5.25. The molecule has 2 aromatic heterocycles. The number of aryl methyl sites for hydroxylation is 2. The van der Waals surface area contributed by atoms with E-state index in [0.29, 0.717) is 13.0 Å². The molecule has 0 saturated carbocycles. The predicted molar refractivity (Wildman–Crippen MR) is 86.3 cm³/mol. The molecule has 1 N–H and O–H groups in total. The third-order valence-electron chi connectivity index (χ3n) is 3.59. The Morgan fingerprint density at radius 1 is 1.22 bits per heavy atom. The lowest BCUT2D eigenvalue weighted by atomic mass is 10.2. The van der Waals surface area contributed by atoms with Crippen LogP contribution in [-0.4, -0.2) is 30.5 Å². The molecule has 1 aromatic carbocycles. The number of nitrogens with one attached hydrogen (secondary N) is 1. The van der Waals surface area contributed by atoms with Gasteiger partial charge < -0.3 is 5.32 Å². The van der Waals surface area contributed by atoms with Crippen molar-refractivity contribution in [1.82, 2.24) is 24.5 Å². The van der Waals surface area contributed by atoms with E-state index in [4.69, 9.17) is 0 Å². The molecule has 0 bridgehead atoms. The molecule has 0 atom stereocenters. The van der Waals surface area contributed by atoms with Crippen molar-refractivity contribution in [3.8, 4) is 5.69 Å². The van der Waals surface area contributed by atoms with Crippen molar-refractivity contribution >= 4 is 11.6 Å². The number of para-hydroxylation sites is 1. The predicted octanol–water partition coefficient (Wildman–Crippen LogP) is 2.11. The highest BCUT2D eigenvalue weighted by Gasteiger charge is 2.15. The number of hydrogen-bond acceptors (Lipinski definition) is 4. The number of benzene rings is 1. The van der Waals surface area contributed by atoms with E-state index in [1.165, 1.54) is 6.33 Å².